The van der Waals surface area contributed by atoms with E-state index in [0.29, 0.717) is 33.6 Å². The first-order chi connectivity index (χ1) is 16.4. The van der Waals surface area contributed by atoms with Gasteiger partial charge in [-0.1, -0.05) is 31.3 Å². The van der Waals surface area contributed by atoms with Crippen molar-refractivity contribution < 1.29 is 19.0 Å². The minimum Gasteiger partial charge on any atom is -0.497 e. The standard InChI is InChI=1S/C24H24N4O5S/c1-15(2)23-27-28-22(30)12-17(26-24(28)34-23)13-32-20-6-4-5-16(11-20)25-21(29)14-33-19-9-7-18(31-3)8-10-19/h4-12,15H,13-14H2,1-3H3,(H,25,29). The van der Waals surface area contributed by atoms with Gasteiger partial charge < -0.3 is 19.5 Å². The number of hydrogen-bond acceptors (Lipinski definition) is 8. The molecule has 0 aliphatic heterocycles. The number of nitrogens with zero attached hydrogens (tertiary/aromatic N) is 3. The van der Waals surface area contributed by atoms with E-state index in [0.717, 1.165) is 5.01 Å². The molecule has 4 aromatic rings. The number of methoxy groups -OCH3 is 1. The molecule has 0 saturated heterocycles. The van der Waals surface area contributed by atoms with Gasteiger partial charge in [0.25, 0.3) is 11.5 Å². The Bertz CT molecular complexity index is 1350. The van der Waals surface area contributed by atoms with Gasteiger partial charge in [-0.25, -0.2) is 4.98 Å². The third-order valence-corrected chi connectivity index (χ3v) is 5.95. The van der Waals surface area contributed by atoms with Crippen LogP contribution in [-0.4, -0.2) is 34.2 Å². The van der Waals surface area contributed by atoms with Crippen LogP contribution in [0, 0.1) is 0 Å². The van der Waals surface area contributed by atoms with Gasteiger partial charge >= 0.3 is 0 Å². The second kappa shape index (κ2) is 10.3. The van der Waals surface area contributed by atoms with E-state index in [1.165, 1.54) is 21.9 Å². The molecular formula is C24H24N4O5S. The largest absolute Gasteiger partial charge is 0.497 e. The molecule has 0 aliphatic carbocycles. The van der Waals surface area contributed by atoms with Gasteiger partial charge in [0, 0.05) is 23.7 Å². The number of ether oxygens (including phenoxy) is 3. The lowest BCUT2D eigenvalue weighted by Crippen LogP contribution is -2.20. The Balaban J connectivity index is 1.35. The Morgan fingerprint density at radius 3 is 2.56 bits per heavy atom. The Labute approximate surface area is 199 Å². The molecule has 2 aromatic carbocycles. The molecule has 0 fully saturated rings. The molecule has 0 spiro atoms. The first kappa shape index (κ1) is 23.2. The normalized spacial score (nSPS) is 10.9. The third-order valence-electron chi connectivity index (χ3n) is 4.74. The van der Waals surface area contributed by atoms with Crippen LogP contribution in [0.4, 0.5) is 5.69 Å². The summed E-state index contributed by atoms with van der Waals surface area (Å²) in [6.07, 6.45) is 0. The van der Waals surface area contributed by atoms with Crippen LogP contribution in [0.3, 0.4) is 0 Å². The molecule has 0 atom stereocenters. The molecule has 0 bridgehead atoms. The number of rotatable bonds is 9. The summed E-state index contributed by atoms with van der Waals surface area (Å²) >= 11 is 1.39. The van der Waals surface area contributed by atoms with Crippen LogP contribution in [0.25, 0.3) is 4.96 Å². The smallest absolute Gasteiger partial charge is 0.275 e. The summed E-state index contributed by atoms with van der Waals surface area (Å²) in [4.78, 5) is 29.6. The molecule has 2 heterocycles. The van der Waals surface area contributed by atoms with Gasteiger partial charge in [0.2, 0.25) is 4.96 Å². The van der Waals surface area contributed by atoms with Gasteiger partial charge in [-0.3, -0.25) is 9.59 Å². The maximum absolute atomic E-state index is 12.4. The lowest BCUT2D eigenvalue weighted by Gasteiger charge is -2.10. The van der Waals surface area contributed by atoms with Crippen LogP contribution in [0.2, 0.25) is 0 Å². The van der Waals surface area contributed by atoms with Crippen molar-refractivity contribution in [2.75, 3.05) is 19.0 Å². The van der Waals surface area contributed by atoms with Crippen molar-refractivity contribution in [3.63, 3.8) is 0 Å². The van der Waals surface area contributed by atoms with Crippen molar-refractivity contribution >= 4 is 27.9 Å². The van der Waals surface area contributed by atoms with E-state index in [1.54, 1.807) is 55.6 Å². The van der Waals surface area contributed by atoms with E-state index >= 15 is 0 Å². The predicted molar refractivity (Wildman–Crippen MR) is 129 cm³/mol. The Kier molecular flexibility index (Phi) is 7.07. The number of hydrogen-bond donors (Lipinski definition) is 1. The van der Waals surface area contributed by atoms with Gasteiger partial charge in [-0.15, -0.1) is 0 Å². The molecule has 0 unspecified atom stereocenters. The molecule has 0 aliphatic rings. The third kappa shape index (κ3) is 5.70. The quantitative estimate of drug-likeness (QED) is 0.388. The average Bonchev–Trinajstić information content (AvgIpc) is 3.27. The van der Waals surface area contributed by atoms with Crippen molar-refractivity contribution in [3.05, 3.63) is 75.7 Å². The van der Waals surface area contributed by atoms with Crippen LogP contribution < -0.4 is 25.1 Å². The highest BCUT2D eigenvalue weighted by Gasteiger charge is 2.12. The Hall–Kier alpha value is -3.92. The summed E-state index contributed by atoms with van der Waals surface area (Å²) in [7, 11) is 1.58. The molecule has 176 valence electrons. The fourth-order valence-electron chi connectivity index (χ4n) is 3.02. The summed E-state index contributed by atoms with van der Waals surface area (Å²) in [5.74, 6) is 1.71. The van der Waals surface area contributed by atoms with Crippen LogP contribution in [0.1, 0.15) is 30.5 Å². The fraction of sp³-hybridized carbons (Fsp3) is 0.250. The fourth-order valence-corrected chi connectivity index (χ4v) is 3.94. The number of nitrogens with one attached hydrogen (secondary N) is 1. The van der Waals surface area contributed by atoms with Gasteiger partial charge in [0.1, 0.15) is 28.9 Å². The molecule has 1 N–H and O–H groups in total. The maximum atomic E-state index is 12.4. The van der Waals surface area contributed by atoms with Gasteiger partial charge in [0.05, 0.1) is 12.8 Å². The average molecular weight is 481 g/mol. The molecule has 4 rings (SSSR count). The summed E-state index contributed by atoms with van der Waals surface area (Å²) in [6.45, 7) is 4.00. The van der Waals surface area contributed by atoms with Crippen LogP contribution in [-0.2, 0) is 11.4 Å². The van der Waals surface area contributed by atoms with Crippen molar-refractivity contribution in [3.8, 4) is 17.2 Å². The number of aromatic nitrogens is 3. The number of carbonyl (C=O) groups is 1. The zero-order chi connectivity index (χ0) is 24.1. The molecule has 2 aromatic heterocycles. The first-order valence-corrected chi connectivity index (χ1v) is 11.4. The van der Waals surface area contributed by atoms with E-state index in [-0.39, 0.29) is 30.6 Å². The zero-order valence-corrected chi connectivity index (χ0v) is 19.8. The Morgan fingerprint density at radius 1 is 1.06 bits per heavy atom. The van der Waals surface area contributed by atoms with Crippen LogP contribution >= 0.6 is 11.3 Å². The summed E-state index contributed by atoms with van der Waals surface area (Å²) in [5.41, 5.74) is 0.823. The van der Waals surface area contributed by atoms with E-state index in [1.807, 2.05) is 13.8 Å². The Morgan fingerprint density at radius 2 is 1.82 bits per heavy atom. The summed E-state index contributed by atoms with van der Waals surface area (Å²) in [6, 6.07) is 15.4. The van der Waals surface area contributed by atoms with Crippen LogP contribution in [0.15, 0.2) is 59.4 Å². The number of amides is 1. The number of benzene rings is 2. The van der Waals surface area contributed by atoms with Crippen molar-refractivity contribution in [1.82, 2.24) is 14.6 Å². The SMILES string of the molecule is COc1ccc(OCC(=O)Nc2cccc(OCc3cc(=O)n4nc(C(C)C)sc4n3)c2)cc1. The molecule has 34 heavy (non-hydrogen) atoms. The molecule has 0 radical (unpaired) electrons. The highest BCUT2D eigenvalue weighted by molar-refractivity contribution is 7.16. The molecule has 1 amide bonds. The minimum absolute atomic E-state index is 0.110. The number of anilines is 1. The first-order valence-electron chi connectivity index (χ1n) is 10.6. The highest BCUT2D eigenvalue weighted by atomic mass is 32.1. The summed E-state index contributed by atoms with van der Waals surface area (Å²) < 4.78 is 17.7. The topological polar surface area (TPSA) is 104 Å². The maximum Gasteiger partial charge on any atom is 0.275 e. The van der Waals surface area contributed by atoms with Crippen LogP contribution in [0.5, 0.6) is 17.2 Å². The van der Waals surface area contributed by atoms with E-state index in [2.05, 4.69) is 15.4 Å². The second-order valence-corrected chi connectivity index (χ2v) is 8.69. The van der Waals surface area contributed by atoms with Gasteiger partial charge in [-0.2, -0.15) is 9.61 Å². The summed E-state index contributed by atoms with van der Waals surface area (Å²) in [5, 5.41) is 7.94. The number of carbonyl (C=O) groups excluding carboxylic acids is 1. The minimum atomic E-state index is -0.306. The molecule has 10 heteroatoms. The lowest BCUT2D eigenvalue weighted by atomic mass is 10.2. The highest BCUT2D eigenvalue weighted by Crippen LogP contribution is 2.21. The van der Waals surface area contributed by atoms with Crippen molar-refractivity contribution in [1.29, 1.82) is 0 Å². The molecular weight excluding hydrogens is 456 g/mol. The number of fused-ring (bicyclic) bond motifs is 1. The van der Waals surface area contributed by atoms with E-state index in [4.69, 9.17) is 14.2 Å². The van der Waals surface area contributed by atoms with Gasteiger partial charge in [0.15, 0.2) is 6.61 Å². The van der Waals surface area contributed by atoms with E-state index < -0.39 is 0 Å². The second-order valence-electron chi connectivity index (χ2n) is 7.70. The lowest BCUT2D eigenvalue weighted by molar-refractivity contribution is -0.118. The molecule has 9 nitrogen and oxygen atoms in total. The monoisotopic (exact) mass is 480 g/mol. The zero-order valence-electron chi connectivity index (χ0n) is 19.0. The van der Waals surface area contributed by atoms with E-state index in [9.17, 15) is 9.59 Å². The van der Waals surface area contributed by atoms with Crippen molar-refractivity contribution in [2.45, 2.75) is 26.4 Å². The molecule has 0 saturated carbocycles. The predicted octanol–water partition coefficient (Wildman–Crippen LogP) is 3.88. The van der Waals surface area contributed by atoms with Crippen molar-refractivity contribution in [2.24, 2.45) is 0 Å². The van der Waals surface area contributed by atoms with Gasteiger partial charge in [-0.05, 0) is 36.4 Å².